The maximum atomic E-state index is 14.4. The van der Waals surface area contributed by atoms with Crippen molar-refractivity contribution in [1.29, 1.82) is 0 Å². The van der Waals surface area contributed by atoms with Crippen LogP contribution >= 0.6 is 0 Å². The highest BCUT2D eigenvalue weighted by atomic mass is 16.6. The van der Waals surface area contributed by atoms with Crippen LogP contribution in [-0.4, -0.2) is 77.2 Å². The highest BCUT2D eigenvalue weighted by Crippen LogP contribution is 2.73. The second-order valence-corrected chi connectivity index (χ2v) is 16.5. The van der Waals surface area contributed by atoms with Crippen LogP contribution in [-0.2, 0) is 25.5 Å². The highest BCUT2D eigenvalue weighted by molar-refractivity contribution is 5.91. The molecule has 0 radical (unpaired) electrons. The fourth-order valence-corrected chi connectivity index (χ4v) is 12.1. The number of hydrogen-bond donors (Lipinski definition) is 4. The van der Waals surface area contributed by atoms with E-state index in [9.17, 15) is 19.8 Å². The van der Waals surface area contributed by atoms with Gasteiger partial charge in [0.2, 0.25) is 0 Å². The number of esters is 1. The molecule has 4 aliphatic carbocycles. The Morgan fingerprint density at radius 1 is 1.15 bits per heavy atom. The molecular weight excluding hydrogens is 608 g/mol. The van der Waals surface area contributed by atoms with Crippen molar-refractivity contribution in [3.63, 3.8) is 0 Å². The molecule has 8 rings (SSSR count). The second-order valence-electron chi connectivity index (χ2n) is 16.5. The van der Waals surface area contributed by atoms with Crippen molar-refractivity contribution >= 4 is 22.7 Å². The third-order valence-corrected chi connectivity index (χ3v) is 14.8. The van der Waals surface area contributed by atoms with Crippen LogP contribution in [0.15, 0.2) is 35.5 Å². The van der Waals surface area contributed by atoms with Gasteiger partial charge in [-0.3, -0.25) is 4.79 Å². The first-order chi connectivity index (χ1) is 23.0. The fraction of sp³-hybridized carbons (Fsp3) is 0.692. The topological polar surface area (TPSA) is 133 Å². The number of H-pyrrole nitrogens is 1. The minimum absolute atomic E-state index is 0.0972. The molecule has 1 aromatic heterocycles. The Labute approximate surface area is 283 Å². The van der Waals surface area contributed by atoms with Gasteiger partial charge < -0.3 is 34.7 Å². The Bertz CT molecular complexity index is 1670. The van der Waals surface area contributed by atoms with Crippen LogP contribution in [0.1, 0.15) is 78.2 Å². The molecule has 2 aliphatic heterocycles. The zero-order chi connectivity index (χ0) is 33.7. The Morgan fingerprint density at radius 3 is 2.71 bits per heavy atom. The number of aliphatic hydroxyl groups is 2. The molecule has 48 heavy (non-hydrogen) atoms. The largest absolute Gasteiger partial charge is 0.497 e. The summed E-state index contributed by atoms with van der Waals surface area (Å²) in [5, 5.41) is 26.3. The number of hydrogen-bond acceptors (Lipinski definition) is 8. The molecule has 5 fully saturated rings. The van der Waals surface area contributed by atoms with Gasteiger partial charge in [0.1, 0.15) is 29.3 Å². The van der Waals surface area contributed by atoms with Crippen molar-refractivity contribution < 1.29 is 34.0 Å². The summed E-state index contributed by atoms with van der Waals surface area (Å²) in [6.45, 7) is 9.15. The maximum absolute atomic E-state index is 14.4. The summed E-state index contributed by atoms with van der Waals surface area (Å²) in [4.78, 5) is 30.4. The van der Waals surface area contributed by atoms with Crippen LogP contribution in [0.5, 0.6) is 5.75 Å². The Morgan fingerprint density at radius 2 is 1.96 bits per heavy atom. The SMILES string of the molecule is COc1ccc2[nH]cc(CCN[C@H]3CC(=O)[C@]4(C)[C@H]5CC[C@]6(C)[C@@H]([C@H](C)[C@H]7CC(C)=C(CO)C(=O)O7)CC[C@H]6[C@@H]5C[C@H]5O[C@]54[C@H]3O)c2c1. The number of methoxy groups -OCH3 is 1. The van der Waals surface area contributed by atoms with Gasteiger partial charge in [0.25, 0.3) is 0 Å². The van der Waals surface area contributed by atoms with Crippen molar-refractivity contribution in [3.8, 4) is 5.75 Å². The standard InChI is InChI=1S/C39H52N2O7/c1-20-14-32(47-36(45)26(20)19-42)21(2)27-7-8-28-25-16-34-39(48-34)35(44)31(17-33(43)38(39,4)29(25)10-12-37(27,28)3)40-13-11-22-18-41-30-9-6-23(46-5)15-24(22)30/h6,9,15,18,21,25,27-29,31-32,34-35,40-42,44H,7-8,10-14,16-17,19H2,1-5H3/t21-,25-,27+,28-,29-,31-,32+,34+,35-,37+,38-,39-/m0/s1. The number of ether oxygens (including phenoxy) is 3. The summed E-state index contributed by atoms with van der Waals surface area (Å²) < 4.78 is 18.0. The lowest BCUT2D eigenvalue weighted by Gasteiger charge is -2.59. The number of Topliss-reactive ketones (excluding diaryl/α,β-unsaturated/α-hetero) is 1. The zero-order valence-electron chi connectivity index (χ0n) is 29.0. The number of nitrogens with one attached hydrogen (secondary N) is 2. The monoisotopic (exact) mass is 660 g/mol. The number of benzene rings is 1. The van der Waals surface area contributed by atoms with Crippen LogP contribution in [0.2, 0.25) is 0 Å². The molecule has 3 heterocycles. The number of fused-ring (bicyclic) bond motifs is 5. The average Bonchev–Trinajstić information content (AvgIpc) is 3.51. The van der Waals surface area contributed by atoms with E-state index in [0.29, 0.717) is 42.7 Å². The van der Waals surface area contributed by atoms with Crippen LogP contribution in [0.25, 0.3) is 10.9 Å². The number of epoxide rings is 1. The van der Waals surface area contributed by atoms with Crippen LogP contribution in [0.4, 0.5) is 0 Å². The van der Waals surface area contributed by atoms with Gasteiger partial charge in [0, 0.05) is 36.0 Å². The number of aliphatic hydroxyl groups excluding tert-OH is 2. The van der Waals surface area contributed by atoms with Crippen molar-refractivity contribution in [2.45, 2.75) is 109 Å². The predicted octanol–water partition coefficient (Wildman–Crippen LogP) is 4.88. The molecule has 9 heteroatoms. The summed E-state index contributed by atoms with van der Waals surface area (Å²) in [6.07, 6.45) is 7.87. The molecule has 0 bridgehead atoms. The van der Waals surface area contributed by atoms with E-state index in [1.807, 2.05) is 31.3 Å². The Hall–Kier alpha value is -2.72. The number of rotatable bonds is 8. The van der Waals surface area contributed by atoms with Crippen molar-refractivity contribution in [2.75, 3.05) is 20.3 Å². The average molecular weight is 661 g/mol. The van der Waals surface area contributed by atoms with Crippen molar-refractivity contribution in [2.24, 2.45) is 40.4 Å². The molecule has 6 aliphatic rings. The molecule has 12 atom stereocenters. The lowest BCUT2D eigenvalue weighted by atomic mass is 9.43. The van der Waals surface area contributed by atoms with Crippen LogP contribution in [0, 0.1) is 40.4 Å². The molecule has 260 valence electrons. The minimum Gasteiger partial charge on any atom is -0.497 e. The van der Waals surface area contributed by atoms with Gasteiger partial charge in [-0.25, -0.2) is 4.79 Å². The molecule has 2 aromatic rings. The number of aromatic nitrogens is 1. The maximum Gasteiger partial charge on any atom is 0.336 e. The van der Waals surface area contributed by atoms with Gasteiger partial charge >= 0.3 is 5.97 Å². The smallest absolute Gasteiger partial charge is 0.336 e. The molecule has 1 aromatic carbocycles. The first-order valence-corrected chi connectivity index (χ1v) is 18.2. The summed E-state index contributed by atoms with van der Waals surface area (Å²) in [5.74, 6) is 2.36. The number of ketones is 1. The number of cyclic esters (lactones) is 1. The summed E-state index contributed by atoms with van der Waals surface area (Å²) in [7, 11) is 1.67. The van der Waals surface area contributed by atoms with Crippen molar-refractivity contribution in [3.05, 3.63) is 41.1 Å². The van der Waals surface area contributed by atoms with E-state index >= 15 is 0 Å². The van der Waals surface area contributed by atoms with Gasteiger partial charge in [-0.2, -0.15) is 0 Å². The predicted molar refractivity (Wildman–Crippen MR) is 180 cm³/mol. The van der Waals surface area contributed by atoms with Crippen molar-refractivity contribution in [1.82, 2.24) is 10.3 Å². The van der Waals surface area contributed by atoms with E-state index in [0.717, 1.165) is 60.8 Å². The van der Waals surface area contributed by atoms with Gasteiger partial charge in [-0.15, -0.1) is 0 Å². The van der Waals surface area contributed by atoms with Gasteiger partial charge in [-0.05, 0) is 118 Å². The van der Waals surface area contributed by atoms with Gasteiger partial charge in [0.05, 0.1) is 30.8 Å². The quantitative estimate of drug-likeness (QED) is 0.233. The van der Waals surface area contributed by atoms with E-state index in [1.54, 1.807) is 7.11 Å². The minimum atomic E-state index is -0.807. The molecule has 1 spiro atoms. The van der Waals surface area contributed by atoms with Gasteiger partial charge in [-0.1, -0.05) is 19.4 Å². The molecule has 4 N–H and O–H groups in total. The third kappa shape index (κ3) is 4.42. The van der Waals surface area contributed by atoms with Crippen LogP contribution < -0.4 is 10.1 Å². The van der Waals surface area contributed by atoms with E-state index in [-0.39, 0.29) is 53.9 Å². The first-order valence-electron chi connectivity index (χ1n) is 18.2. The lowest BCUT2D eigenvalue weighted by Crippen LogP contribution is -2.69. The van der Waals surface area contributed by atoms with E-state index in [4.69, 9.17) is 14.2 Å². The first kappa shape index (κ1) is 32.5. The van der Waals surface area contributed by atoms with Crippen LogP contribution in [0.3, 0.4) is 0 Å². The summed E-state index contributed by atoms with van der Waals surface area (Å²) in [6, 6.07) is 5.68. The summed E-state index contributed by atoms with van der Waals surface area (Å²) in [5.41, 5.74) is 2.18. The lowest BCUT2D eigenvalue weighted by molar-refractivity contribution is -0.169. The number of carbonyl (C=O) groups excluding carboxylic acids is 2. The Balaban J connectivity index is 0.968. The number of carbonyl (C=O) groups is 2. The number of aromatic amines is 1. The zero-order valence-corrected chi connectivity index (χ0v) is 29.0. The molecule has 9 nitrogen and oxygen atoms in total. The third-order valence-electron chi connectivity index (χ3n) is 14.8. The molecule has 0 amide bonds. The second kappa shape index (κ2) is 11.4. The van der Waals surface area contributed by atoms with Gasteiger partial charge in [0.15, 0.2) is 0 Å². The van der Waals surface area contributed by atoms with E-state index in [1.165, 1.54) is 5.56 Å². The normalized spacial score (nSPS) is 42.5. The molecule has 1 saturated heterocycles. The molecule has 4 saturated carbocycles. The fourth-order valence-electron chi connectivity index (χ4n) is 12.1. The van der Waals surface area contributed by atoms with E-state index < -0.39 is 17.1 Å². The Kier molecular flexibility index (Phi) is 7.72. The highest BCUT2D eigenvalue weighted by Gasteiger charge is 2.82. The molecular formula is C39H52N2O7. The molecule has 0 unspecified atom stereocenters. The van der Waals surface area contributed by atoms with E-state index in [2.05, 4.69) is 31.1 Å². The summed E-state index contributed by atoms with van der Waals surface area (Å²) >= 11 is 0.